The Morgan fingerprint density at radius 2 is 2.11 bits per heavy atom. The molecule has 0 saturated heterocycles. The van der Waals surface area contributed by atoms with Crippen LogP contribution in [0.1, 0.15) is 20.8 Å². The van der Waals surface area contributed by atoms with E-state index in [1.54, 1.807) is 20.8 Å². The third-order valence-electron chi connectivity index (χ3n) is 1.87. The van der Waals surface area contributed by atoms with Crippen LogP contribution >= 0.6 is 0 Å². The van der Waals surface area contributed by atoms with E-state index in [1.165, 1.54) is 12.3 Å². The van der Waals surface area contributed by atoms with E-state index in [4.69, 9.17) is 20.5 Å². The Labute approximate surface area is 105 Å². The van der Waals surface area contributed by atoms with Gasteiger partial charge in [-0.15, -0.1) is 0 Å². The molecule has 1 heterocycles. The van der Waals surface area contributed by atoms with Crippen molar-refractivity contribution in [3.63, 3.8) is 0 Å². The van der Waals surface area contributed by atoms with Gasteiger partial charge in [0.25, 0.3) is 0 Å². The predicted octanol–water partition coefficient (Wildman–Crippen LogP) is -0.309. The highest BCUT2D eigenvalue weighted by Gasteiger charge is 2.19. The van der Waals surface area contributed by atoms with Gasteiger partial charge in [-0.2, -0.15) is 0 Å². The number of amides is 1. The van der Waals surface area contributed by atoms with Crippen molar-refractivity contribution < 1.29 is 19.6 Å². The first-order valence-corrected chi connectivity index (χ1v) is 5.30. The first-order valence-electron chi connectivity index (χ1n) is 5.30. The molecular formula is C10H16BN3O4. The maximum Gasteiger partial charge on any atom is 0.492 e. The Kier molecular flexibility index (Phi) is 4.15. The number of carbonyl (C=O) groups excluding carboxylic acids is 1. The normalized spacial score (nSPS) is 10.9. The molecular weight excluding hydrogens is 237 g/mol. The number of anilines is 2. The molecule has 1 rings (SSSR count). The second-order valence-electron chi connectivity index (χ2n) is 4.70. The van der Waals surface area contributed by atoms with Gasteiger partial charge in [0.1, 0.15) is 11.4 Å². The minimum absolute atomic E-state index is 0.0141. The van der Waals surface area contributed by atoms with Gasteiger partial charge in [-0.3, -0.25) is 5.32 Å². The van der Waals surface area contributed by atoms with Crippen LogP contribution in [0.2, 0.25) is 0 Å². The van der Waals surface area contributed by atoms with Gasteiger partial charge in [-0.1, -0.05) is 0 Å². The zero-order chi connectivity index (χ0) is 13.9. The molecule has 0 bridgehead atoms. The summed E-state index contributed by atoms with van der Waals surface area (Å²) in [5.74, 6) is -0.0141. The van der Waals surface area contributed by atoms with Gasteiger partial charge in [0.2, 0.25) is 0 Å². The van der Waals surface area contributed by atoms with Gasteiger partial charge >= 0.3 is 13.2 Å². The maximum absolute atomic E-state index is 11.5. The number of nitrogen functional groups attached to an aromatic ring is 1. The lowest BCUT2D eigenvalue weighted by Gasteiger charge is -2.19. The van der Waals surface area contributed by atoms with E-state index in [0.29, 0.717) is 0 Å². The highest BCUT2D eigenvalue weighted by molar-refractivity contribution is 6.60. The number of hydrogen-bond acceptors (Lipinski definition) is 6. The van der Waals surface area contributed by atoms with Gasteiger partial charge in [0.05, 0.1) is 11.9 Å². The molecule has 0 aliphatic carbocycles. The Balaban J connectivity index is 2.80. The largest absolute Gasteiger partial charge is 0.492 e. The maximum atomic E-state index is 11.5. The monoisotopic (exact) mass is 253 g/mol. The lowest BCUT2D eigenvalue weighted by atomic mass is 9.80. The van der Waals surface area contributed by atoms with Crippen LogP contribution in [-0.4, -0.2) is 33.8 Å². The third kappa shape index (κ3) is 4.23. The van der Waals surface area contributed by atoms with E-state index < -0.39 is 18.8 Å². The molecule has 7 nitrogen and oxygen atoms in total. The van der Waals surface area contributed by atoms with E-state index in [2.05, 4.69) is 10.3 Å². The average Bonchev–Trinajstić information content (AvgIpc) is 2.17. The van der Waals surface area contributed by atoms with E-state index in [1.807, 2.05) is 0 Å². The van der Waals surface area contributed by atoms with E-state index in [0.717, 1.165) is 0 Å². The van der Waals surface area contributed by atoms with E-state index >= 15 is 0 Å². The number of ether oxygens (including phenoxy) is 1. The smallest absolute Gasteiger partial charge is 0.444 e. The highest BCUT2D eigenvalue weighted by Crippen LogP contribution is 2.11. The number of rotatable bonds is 2. The molecule has 0 unspecified atom stereocenters. The fourth-order valence-electron chi connectivity index (χ4n) is 1.19. The van der Waals surface area contributed by atoms with Crippen molar-refractivity contribution in [3.05, 3.63) is 12.3 Å². The molecule has 1 aromatic heterocycles. The number of carbonyl (C=O) groups is 1. The number of aromatic nitrogens is 1. The number of nitrogens with one attached hydrogen (secondary N) is 1. The molecule has 0 spiro atoms. The number of hydrogen-bond donors (Lipinski definition) is 4. The fraction of sp³-hybridized carbons (Fsp3) is 0.400. The molecule has 8 heteroatoms. The van der Waals surface area contributed by atoms with Crippen molar-refractivity contribution in [2.75, 3.05) is 11.1 Å². The first-order chi connectivity index (χ1) is 8.19. The third-order valence-corrected chi connectivity index (χ3v) is 1.87. The van der Waals surface area contributed by atoms with Gasteiger partial charge in [-0.05, 0) is 26.8 Å². The molecule has 18 heavy (non-hydrogen) atoms. The van der Waals surface area contributed by atoms with Crippen LogP contribution in [0.3, 0.4) is 0 Å². The molecule has 0 radical (unpaired) electrons. The Morgan fingerprint density at radius 1 is 1.50 bits per heavy atom. The van der Waals surface area contributed by atoms with Crippen molar-refractivity contribution >= 4 is 30.2 Å². The Hall–Kier alpha value is -1.80. The number of nitrogens with two attached hydrogens (primary N) is 1. The predicted molar refractivity (Wildman–Crippen MR) is 68.3 cm³/mol. The first kappa shape index (κ1) is 14.3. The molecule has 1 amide bonds. The topological polar surface area (TPSA) is 118 Å². The van der Waals surface area contributed by atoms with Gasteiger partial charge < -0.3 is 20.5 Å². The molecule has 5 N–H and O–H groups in total. The summed E-state index contributed by atoms with van der Waals surface area (Å²) in [5, 5.41) is 20.5. The molecule has 0 fully saturated rings. The quantitative estimate of drug-likeness (QED) is 0.537. The summed E-state index contributed by atoms with van der Waals surface area (Å²) in [5.41, 5.74) is 5.11. The molecule has 0 aliphatic rings. The summed E-state index contributed by atoms with van der Waals surface area (Å²) >= 11 is 0. The summed E-state index contributed by atoms with van der Waals surface area (Å²) in [6, 6.07) is 1.32. The zero-order valence-electron chi connectivity index (χ0n) is 10.5. The van der Waals surface area contributed by atoms with Crippen LogP contribution < -0.4 is 16.5 Å². The highest BCUT2D eigenvalue weighted by atomic mass is 16.6. The SMILES string of the molecule is CC(C)(C)OC(=O)Nc1cnc(N)c(B(O)O)c1. The molecule has 98 valence electrons. The molecule has 1 aromatic rings. The zero-order valence-corrected chi connectivity index (χ0v) is 10.5. The van der Waals surface area contributed by atoms with Crippen molar-refractivity contribution in [1.82, 2.24) is 4.98 Å². The van der Waals surface area contributed by atoms with Gasteiger partial charge in [-0.25, -0.2) is 9.78 Å². The van der Waals surface area contributed by atoms with Crippen LogP contribution in [0.5, 0.6) is 0 Å². The standard InChI is InChI=1S/C10H16BN3O4/c1-10(2,3)18-9(15)14-6-4-7(11(16)17)8(12)13-5-6/h4-5,16-17H,1-3H3,(H2,12,13)(H,14,15). The summed E-state index contributed by atoms with van der Waals surface area (Å²) in [6.45, 7) is 5.20. The second kappa shape index (κ2) is 5.24. The lowest BCUT2D eigenvalue weighted by Crippen LogP contribution is -2.34. The van der Waals surface area contributed by atoms with Crippen molar-refractivity contribution in [3.8, 4) is 0 Å². The molecule has 0 saturated carbocycles. The van der Waals surface area contributed by atoms with Gasteiger partial charge in [0, 0.05) is 5.46 Å². The van der Waals surface area contributed by atoms with Crippen LogP contribution in [0, 0.1) is 0 Å². The summed E-state index contributed by atoms with van der Waals surface area (Å²) in [6.07, 6.45) is 0.637. The van der Waals surface area contributed by atoms with E-state index in [9.17, 15) is 4.79 Å². The fourth-order valence-corrected chi connectivity index (χ4v) is 1.19. The number of pyridine rings is 1. The second-order valence-corrected chi connectivity index (χ2v) is 4.70. The number of nitrogens with zero attached hydrogens (tertiary/aromatic N) is 1. The lowest BCUT2D eigenvalue weighted by molar-refractivity contribution is 0.0636. The summed E-state index contributed by atoms with van der Waals surface area (Å²) in [7, 11) is -1.75. The molecule has 0 atom stereocenters. The average molecular weight is 253 g/mol. The van der Waals surface area contributed by atoms with Crippen LogP contribution in [0.25, 0.3) is 0 Å². The van der Waals surface area contributed by atoms with E-state index in [-0.39, 0.29) is 17.0 Å². The van der Waals surface area contributed by atoms with Crippen LogP contribution in [-0.2, 0) is 4.74 Å². The summed E-state index contributed by atoms with van der Waals surface area (Å²) in [4.78, 5) is 15.2. The minimum atomic E-state index is -1.75. The van der Waals surface area contributed by atoms with Crippen LogP contribution in [0.4, 0.5) is 16.3 Å². The Morgan fingerprint density at radius 3 is 2.61 bits per heavy atom. The Bertz CT molecular complexity index is 445. The minimum Gasteiger partial charge on any atom is -0.444 e. The molecule has 0 aliphatic heterocycles. The van der Waals surface area contributed by atoms with Crippen molar-refractivity contribution in [2.24, 2.45) is 0 Å². The summed E-state index contributed by atoms with van der Waals surface area (Å²) < 4.78 is 5.04. The van der Waals surface area contributed by atoms with Crippen LogP contribution in [0.15, 0.2) is 12.3 Å². The van der Waals surface area contributed by atoms with Crippen molar-refractivity contribution in [2.45, 2.75) is 26.4 Å². The van der Waals surface area contributed by atoms with Crippen molar-refractivity contribution in [1.29, 1.82) is 0 Å². The molecule has 0 aromatic carbocycles. The van der Waals surface area contributed by atoms with Gasteiger partial charge in [0.15, 0.2) is 0 Å².